The predicted molar refractivity (Wildman–Crippen MR) is 72.0 cm³/mol. The van der Waals surface area contributed by atoms with Gasteiger partial charge in [0.1, 0.15) is 5.52 Å². The predicted octanol–water partition coefficient (Wildman–Crippen LogP) is 2.14. The molecule has 1 amide bonds. The molecule has 22 heavy (non-hydrogen) atoms. The van der Waals surface area contributed by atoms with Gasteiger partial charge in [-0.15, -0.1) is 0 Å². The van der Waals surface area contributed by atoms with E-state index in [1.165, 1.54) is 12.4 Å². The minimum absolute atomic E-state index is 0.0249. The molecule has 0 aliphatic rings. The molecule has 0 fully saturated rings. The van der Waals surface area contributed by atoms with Gasteiger partial charge in [0.05, 0.1) is 16.6 Å². The molecular weight excluding hydrogens is 301 g/mol. The van der Waals surface area contributed by atoms with Gasteiger partial charge in [0.15, 0.2) is 5.95 Å². The molecule has 0 atom stereocenters. The maximum Gasteiger partial charge on any atom is 0.416 e. The lowest BCUT2D eigenvalue weighted by Crippen LogP contribution is -2.15. The van der Waals surface area contributed by atoms with Gasteiger partial charge in [-0.2, -0.15) is 13.2 Å². The number of rotatable bonds is 2. The lowest BCUT2D eigenvalue weighted by atomic mass is 10.1. The second-order valence-electron chi connectivity index (χ2n) is 4.43. The van der Waals surface area contributed by atoms with Crippen LogP contribution in [0.5, 0.6) is 0 Å². The number of carbonyl (C=O) groups excluding carboxylic acids is 1. The number of nitrogens with two attached hydrogens (primary N) is 1. The van der Waals surface area contributed by atoms with Crippen molar-refractivity contribution in [1.82, 2.24) is 19.9 Å². The van der Waals surface area contributed by atoms with Gasteiger partial charge in [0, 0.05) is 12.4 Å². The third kappa shape index (κ3) is 2.45. The van der Waals surface area contributed by atoms with Crippen LogP contribution in [0.4, 0.5) is 25.1 Å². The summed E-state index contributed by atoms with van der Waals surface area (Å²) in [6.07, 6.45) is -1.75. The summed E-state index contributed by atoms with van der Waals surface area (Å²) in [5.74, 6) is -0.752. The highest BCUT2D eigenvalue weighted by Crippen LogP contribution is 2.33. The summed E-state index contributed by atoms with van der Waals surface area (Å²) < 4.78 is 38.8. The fourth-order valence-corrected chi connectivity index (χ4v) is 1.98. The molecule has 0 radical (unpaired) electrons. The SMILES string of the molecule is Nc1nc2c(C(=O)Nc3ncc[nH]3)cc(C(F)(F)F)cc2[nH]1. The third-order valence-electron chi connectivity index (χ3n) is 2.91. The molecule has 0 unspecified atom stereocenters. The van der Waals surface area contributed by atoms with Gasteiger partial charge in [-0.1, -0.05) is 0 Å². The van der Waals surface area contributed by atoms with Crippen molar-refractivity contribution in [3.63, 3.8) is 0 Å². The Hall–Kier alpha value is -3.04. The van der Waals surface area contributed by atoms with Crippen LogP contribution in [0.25, 0.3) is 11.0 Å². The van der Waals surface area contributed by atoms with Crippen molar-refractivity contribution >= 4 is 28.8 Å². The number of alkyl halides is 3. The molecule has 1 aromatic carbocycles. The van der Waals surface area contributed by atoms with Crippen LogP contribution in [-0.2, 0) is 6.18 Å². The van der Waals surface area contributed by atoms with E-state index in [-0.39, 0.29) is 28.5 Å². The van der Waals surface area contributed by atoms with Crippen molar-refractivity contribution in [2.75, 3.05) is 11.1 Å². The minimum Gasteiger partial charge on any atom is -0.369 e. The summed E-state index contributed by atoms with van der Waals surface area (Å²) in [6, 6.07) is 1.57. The molecule has 114 valence electrons. The van der Waals surface area contributed by atoms with Crippen molar-refractivity contribution in [3.8, 4) is 0 Å². The number of fused-ring (bicyclic) bond motifs is 1. The molecule has 0 aliphatic heterocycles. The fraction of sp³-hybridized carbons (Fsp3) is 0.0833. The number of hydrogen-bond donors (Lipinski definition) is 4. The lowest BCUT2D eigenvalue weighted by Gasteiger charge is -2.09. The van der Waals surface area contributed by atoms with E-state index in [1.54, 1.807) is 0 Å². The number of benzene rings is 1. The zero-order valence-corrected chi connectivity index (χ0v) is 10.8. The van der Waals surface area contributed by atoms with Gasteiger partial charge in [-0.3, -0.25) is 10.1 Å². The second kappa shape index (κ2) is 4.76. The van der Waals surface area contributed by atoms with Gasteiger partial charge in [0.25, 0.3) is 5.91 Å². The highest BCUT2D eigenvalue weighted by Gasteiger charge is 2.32. The average molecular weight is 310 g/mol. The van der Waals surface area contributed by atoms with Gasteiger partial charge < -0.3 is 15.7 Å². The molecule has 0 aliphatic carbocycles. The first-order chi connectivity index (χ1) is 10.3. The van der Waals surface area contributed by atoms with Gasteiger partial charge in [-0.25, -0.2) is 9.97 Å². The van der Waals surface area contributed by atoms with Crippen molar-refractivity contribution in [3.05, 3.63) is 35.7 Å². The van der Waals surface area contributed by atoms with E-state index in [9.17, 15) is 18.0 Å². The first kappa shape index (κ1) is 13.9. The second-order valence-corrected chi connectivity index (χ2v) is 4.43. The summed E-state index contributed by atoms with van der Waals surface area (Å²) in [5, 5.41) is 2.35. The van der Waals surface area contributed by atoms with Crippen LogP contribution in [0, 0.1) is 0 Å². The van der Waals surface area contributed by atoms with E-state index < -0.39 is 17.6 Å². The number of amides is 1. The number of anilines is 2. The van der Waals surface area contributed by atoms with E-state index in [0.29, 0.717) is 0 Å². The Labute approximate surface area is 120 Å². The number of aromatic amines is 2. The number of hydrogen-bond acceptors (Lipinski definition) is 4. The zero-order valence-electron chi connectivity index (χ0n) is 10.8. The number of imidazole rings is 2. The fourth-order valence-electron chi connectivity index (χ4n) is 1.98. The number of aromatic nitrogens is 4. The first-order valence-corrected chi connectivity index (χ1v) is 6.02. The van der Waals surface area contributed by atoms with E-state index in [4.69, 9.17) is 5.73 Å². The lowest BCUT2D eigenvalue weighted by molar-refractivity contribution is -0.137. The zero-order chi connectivity index (χ0) is 15.9. The Bertz CT molecular complexity index is 837. The van der Waals surface area contributed by atoms with Crippen LogP contribution in [0.1, 0.15) is 15.9 Å². The number of H-pyrrole nitrogens is 2. The third-order valence-corrected chi connectivity index (χ3v) is 2.91. The van der Waals surface area contributed by atoms with Crippen molar-refractivity contribution in [2.24, 2.45) is 0 Å². The Kier molecular flexibility index (Phi) is 3.01. The van der Waals surface area contributed by atoms with Crippen LogP contribution >= 0.6 is 0 Å². The molecule has 2 heterocycles. The summed E-state index contributed by atoms with van der Waals surface area (Å²) in [7, 11) is 0. The van der Waals surface area contributed by atoms with Crippen LogP contribution in [0.2, 0.25) is 0 Å². The van der Waals surface area contributed by atoms with Crippen LogP contribution < -0.4 is 11.1 Å². The number of nitrogen functional groups attached to an aromatic ring is 1. The van der Waals surface area contributed by atoms with Crippen LogP contribution in [0.3, 0.4) is 0 Å². The summed E-state index contributed by atoms with van der Waals surface area (Å²) in [5.41, 5.74) is 4.30. The Morgan fingerprint density at radius 1 is 1.32 bits per heavy atom. The number of carbonyl (C=O) groups is 1. The van der Waals surface area contributed by atoms with Crippen LogP contribution in [-0.4, -0.2) is 25.8 Å². The molecule has 0 bridgehead atoms. The average Bonchev–Trinajstić information content (AvgIpc) is 3.04. The highest BCUT2D eigenvalue weighted by atomic mass is 19.4. The highest BCUT2D eigenvalue weighted by molar-refractivity contribution is 6.11. The molecular formula is C12H9F3N6O. The largest absolute Gasteiger partial charge is 0.416 e. The molecule has 0 saturated heterocycles. The van der Waals surface area contributed by atoms with E-state index in [0.717, 1.165) is 12.1 Å². The normalized spacial score (nSPS) is 11.8. The van der Waals surface area contributed by atoms with Crippen molar-refractivity contribution < 1.29 is 18.0 Å². The standard InChI is InChI=1S/C12H9F3N6O/c13-12(14,15)5-3-6(8-7(4-5)19-10(16)20-8)9(22)21-11-17-1-2-18-11/h1-4H,(H3,16,19,20)(H2,17,18,21,22). The van der Waals surface area contributed by atoms with Crippen LogP contribution in [0.15, 0.2) is 24.5 Å². The molecule has 10 heteroatoms. The summed E-state index contributed by atoms with van der Waals surface area (Å²) in [6.45, 7) is 0. The summed E-state index contributed by atoms with van der Waals surface area (Å²) in [4.78, 5) is 24.9. The van der Waals surface area contributed by atoms with E-state index >= 15 is 0 Å². The van der Waals surface area contributed by atoms with Gasteiger partial charge in [0.2, 0.25) is 5.95 Å². The van der Waals surface area contributed by atoms with Crippen molar-refractivity contribution in [1.29, 1.82) is 0 Å². The molecule has 7 nitrogen and oxygen atoms in total. The maximum atomic E-state index is 12.9. The Balaban J connectivity index is 2.11. The quantitative estimate of drug-likeness (QED) is 0.581. The molecule has 3 rings (SSSR count). The minimum atomic E-state index is -4.60. The summed E-state index contributed by atoms with van der Waals surface area (Å²) >= 11 is 0. The van der Waals surface area contributed by atoms with Gasteiger partial charge >= 0.3 is 6.18 Å². The smallest absolute Gasteiger partial charge is 0.369 e. The van der Waals surface area contributed by atoms with Gasteiger partial charge in [-0.05, 0) is 12.1 Å². The molecule has 0 spiro atoms. The monoisotopic (exact) mass is 310 g/mol. The Morgan fingerprint density at radius 3 is 2.73 bits per heavy atom. The number of nitrogens with zero attached hydrogens (tertiary/aromatic N) is 2. The Morgan fingerprint density at radius 2 is 2.09 bits per heavy atom. The molecule has 2 aromatic heterocycles. The molecule has 3 aromatic rings. The first-order valence-electron chi connectivity index (χ1n) is 6.02. The van der Waals surface area contributed by atoms with Crippen molar-refractivity contribution in [2.45, 2.75) is 6.18 Å². The number of nitrogens with one attached hydrogen (secondary N) is 3. The topological polar surface area (TPSA) is 112 Å². The maximum absolute atomic E-state index is 12.9. The molecule has 5 N–H and O–H groups in total. The molecule has 0 saturated carbocycles. The number of halogens is 3. The van der Waals surface area contributed by atoms with E-state index in [1.807, 2.05) is 0 Å². The van der Waals surface area contributed by atoms with E-state index in [2.05, 4.69) is 25.3 Å².